The molecule has 0 saturated heterocycles. The van der Waals surface area contributed by atoms with Crippen molar-refractivity contribution in [3.05, 3.63) is 28.5 Å². The standard InChI is InChI=1S/C14H19N2O3/c1-9-3-5-11-8-14(16(18)19)12(6-4-10(2)17)7-13(11)15-9/h7-9,15,18H,3-6H2,1-2H3/q-1/t9-/m1/s1. The number of anilines is 2. The van der Waals surface area contributed by atoms with Crippen LogP contribution in [0.1, 0.15) is 37.8 Å². The van der Waals surface area contributed by atoms with Crippen molar-refractivity contribution in [3.8, 4) is 0 Å². The van der Waals surface area contributed by atoms with Gasteiger partial charge in [-0.15, -0.1) is 0 Å². The molecule has 19 heavy (non-hydrogen) atoms. The molecule has 1 heterocycles. The van der Waals surface area contributed by atoms with E-state index in [-0.39, 0.29) is 16.7 Å². The Bertz CT molecular complexity index is 486. The van der Waals surface area contributed by atoms with Crippen LogP contribution < -0.4 is 10.5 Å². The number of fused-ring (bicyclic) bond motifs is 1. The average molecular weight is 263 g/mol. The quantitative estimate of drug-likeness (QED) is 0.817. The monoisotopic (exact) mass is 263 g/mol. The maximum Gasteiger partial charge on any atom is 0.130 e. The lowest BCUT2D eigenvalue weighted by atomic mass is 9.94. The third-order valence-corrected chi connectivity index (χ3v) is 3.51. The fourth-order valence-electron chi connectivity index (χ4n) is 2.42. The first-order valence-corrected chi connectivity index (χ1v) is 6.55. The Kier molecular flexibility index (Phi) is 4.07. The second-order valence-corrected chi connectivity index (χ2v) is 5.20. The van der Waals surface area contributed by atoms with Crippen molar-refractivity contribution in [2.45, 2.75) is 45.6 Å². The van der Waals surface area contributed by atoms with Gasteiger partial charge in [-0.1, -0.05) is 0 Å². The first-order valence-electron chi connectivity index (χ1n) is 6.55. The predicted octanol–water partition coefficient (Wildman–Crippen LogP) is 2.65. The molecule has 0 radical (unpaired) electrons. The number of rotatable bonds is 4. The van der Waals surface area contributed by atoms with Crippen LogP contribution in [-0.4, -0.2) is 17.0 Å². The van der Waals surface area contributed by atoms with Gasteiger partial charge in [0, 0.05) is 18.2 Å². The highest BCUT2D eigenvalue weighted by molar-refractivity contribution is 5.76. The number of ketones is 1. The molecule has 0 bridgehead atoms. The molecule has 5 heteroatoms. The van der Waals surface area contributed by atoms with Crippen LogP contribution in [0.4, 0.5) is 11.4 Å². The number of carbonyl (C=O) groups excluding carboxylic acids is 1. The molecular formula is C14H19N2O3-. The summed E-state index contributed by atoms with van der Waals surface area (Å²) in [4.78, 5) is 11.1. The number of Topliss-reactive ketones (excluding diaryl/α,β-unsaturated/α-hetero) is 1. The Morgan fingerprint density at radius 1 is 1.58 bits per heavy atom. The van der Waals surface area contributed by atoms with Gasteiger partial charge < -0.3 is 20.5 Å². The van der Waals surface area contributed by atoms with E-state index in [0.717, 1.165) is 24.1 Å². The summed E-state index contributed by atoms with van der Waals surface area (Å²) in [7, 11) is 0. The minimum absolute atomic E-state index is 0.0698. The van der Waals surface area contributed by atoms with E-state index in [1.807, 2.05) is 6.07 Å². The van der Waals surface area contributed by atoms with Gasteiger partial charge in [0.15, 0.2) is 0 Å². The van der Waals surface area contributed by atoms with Gasteiger partial charge in [0.25, 0.3) is 0 Å². The Morgan fingerprint density at radius 3 is 2.95 bits per heavy atom. The molecule has 1 atom stereocenters. The normalized spacial score (nSPS) is 17.6. The van der Waals surface area contributed by atoms with E-state index in [4.69, 9.17) is 0 Å². The molecule has 5 nitrogen and oxygen atoms in total. The summed E-state index contributed by atoms with van der Waals surface area (Å²) in [6.45, 7) is 3.63. The van der Waals surface area contributed by atoms with E-state index in [9.17, 15) is 15.2 Å². The van der Waals surface area contributed by atoms with Gasteiger partial charge in [-0.3, -0.25) is 5.21 Å². The Hall–Kier alpha value is -1.59. The lowest BCUT2D eigenvalue weighted by Gasteiger charge is -2.30. The molecule has 2 N–H and O–H groups in total. The highest BCUT2D eigenvalue weighted by Gasteiger charge is 2.17. The zero-order chi connectivity index (χ0) is 14.0. The number of carbonyl (C=O) groups is 1. The van der Waals surface area contributed by atoms with Crippen molar-refractivity contribution in [3.63, 3.8) is 0 Å². The average Bonchev–Trinajstić information content (AvgIpc) is 2.34. The fourth-order valence-corrected chi connectivity index (χ4v) is 2.42. The van der Waals surface area contributed by atoms with Crippen LogP contribution in [-0.2, 0) is 17.6 Å². The van der Waals surface area contributed by atoms with Gasteiger partial charge in [-0.25, -0.2) is 0 Å². The van der Waals surface area contributed by atoms with E-state index < -0.39 is 0 Å². The van der Waals surface area contributed by atoms with E-state index in [0.29, 0.717) is 24.4 Å². The molecule has 0 spiro atoms. The first-order chi connectivity index (χ1) is 8.97. The summed E-state index contributed by atoms with van der Waals surface area (Å²) >= 11 is 0. The highest BCUT2D eigenvalue weighted by atomic mass is 16.8. The van der Waals surface area contributed by atoms with Crippen LogP contribution in [0.3, 0.4) is 0 Å². The number of hydrogen-bond donors (Lipinski definition) is 2. The van der Waals surface area contributed by atoms with E-state index in [1.54, 1.807) is 6.07 Å². The fraction of sp³-hybridized carbons (Fsp3) is 0.500. The zero-order valence-electron chi connectivity index (χ0n) is 11.3. The third-order valence-electron chi connectivity index (χ3n) is 3.51. The minimum Gasteiger partial charge on any atom is -0.733 e. The summed E-state index contributed by atoms with van der Waals surface area (Å²) in [5.74, 6) is 0.0698. The molecule has 1 aromatic rings. The van der Waals surface area contributed by atoms with Gasteiger partial charge in [0.05, 0.1) is 5.69 Å². The van der Waals surface area contributed by atoms with E-state index in [2.05, 4.69) is 12.2 Å². The van der Waals surface area contributed by atoms with Crippen molar-refractivity contribution in [2.75, 3.05) is 10.5 Å². The predicted molar refractivity (Wildman–Crippen MR) is 74.5 cm³/mol. The molecule has 1 aromatic carbocycles. The van der Waals surface area contributed by atoms with Crippen molar-refractivity contribution in [1.82, 2.24) is 0 Å². The second-order valence-electron chi connectivity index (χ2n) is 5.20. The van der Waals surface area contributed by atoms with Crippen LogP contribution >= 0.6 is 0 Å². The zero-order valence-corrected chi connectivity index (χ0v) is 11.3. The van der Waals surface area contributed by atoms with Gasteiger partial charge in [-0.05, 0) is 56.4 Å². The van der Waals surface area contributed by atoms with Crippen molar-refractivity contribution in [2.24, 2.45) is 0 Å². The lowest BCUT2D eigenvalue weighted by Crippen LogP contribution is -2.23. The summed E-state index contributed by atoms with van der Waals surface area (Å²) in [6, 6.07) is 4.00. The Morgan fingerprint density at radius 2 is 2.32 bits per heavy atom. The van der Waals surface area contributed by atoms with Gasteiger partial charge in [0.1, 0.15) is 5.78 Å². The number of benzene rings is 1. The number of hydrogen-bond acceptors (Lipinski definition) is 5. The first kappa shape index (κ1) is 13.8. The molecule has 104 valence electrons. The summed E-state index contributed by atoms with van der Waals surface area (Å²) < 4.78 is 0. The molecule has 0 aliphatic carbocycles. The Balaban J connectivity index is 2.33. The number of nitrogens with one attached hydrogen (secondary N) is 1. The topological polar surface area (TPSA) is 75.6 Å². The van der Waals surface area contributed by atoms with E-state index >= 15 is 0 Å². The molecule has 0 amide bonds. The Labute approximate surface area is 112 Å². The van der Waals surface area contributed by atoms with Crippen LogP contribution in [0.25, 0.3) is 0 Å². The van der Waals surface area contributed by atoms with Crippen LogP contribution in [0.2, 0.25) is 0 Å². The highest BCUT2D eigenvalue weighted by Crippen LogP contribution is 2.32. The van der Waals surface area contributed by atoms with Crippen molar-refractivity contribution >= 4 is 17.2 Å². The van der Waals surface area contributed by atoms with E-state index in [1.165, 1.54) is 6.92 Å². The molecule has 0 unspecified atom stereocenters. The van der Waals surface area contributed by atoms with Crippen LogP contribution in [0.5, 0.6) is 0 Å². The molecule has 2 rings (SSSR count). The lowest BCUT2D eigenvalue weighted by molar-refractivity contribution is -0.116. The molecule has 0 aromatic heterocycles. The molecule has 1 aliphatic heterocycles. The van der Waals surface area contributed by atoms with Crippen molar-refractivity contribution in [1.29, 1.82) is 0 Å². The second kappa shape index (κ2) is 5.59. The number of aryl methyl sites for hydroxylation is 2. The molecular weight excluding hydrogens is 244 g/mol. The smallest absolute Gasteiger partial charge is 0.130 e. The van der Waals surface area contributed by atoms with Crippen molar-refractivity contribution < 1.29 is 10.0 Å². The number of nitrogens with zero attached hydrogens (tertiary/aromatic N) is 1. The third kappa shape index (κ3) is 3.24. The molecule has 0 saturated carbocycles. The van der Waals surface area contributed by atoms with Gasteiger partial charge in [0.2, 0.25) is 0 Å². The summed E-state index contributed by atoms with van der Waals surface area (Å²) in [5.41, 5.74) is 2.99. The maximum absolute atomic E-state index is 11.2. The van der Waals surface area contributed by atoms with Crippen LogP contribution in [0.15, 0.2) is 12.1 Å². The molecule has 0 fully saturated rings. The van der Waals surface area contributed by atoms with Gasteiger partial charge >= 0.3 is 0 Å². The minimum atomic E-state index is -0.103. The summed E-state index contributed by atoms with van der Waals surface area (Å²) in [5, 5.41) is 23.7. The largest absolute Gasteiger partial charge is 0.733 e. The summed E-state index contributed by atoms with van der Waals surface area (Å²) in [6.07, 6.45) is 2.73. The SMILES string of the molecule is CC(=O)CCc1cc2c(cc1N([O-])O)CC[C@@H](C)N2. The molecule has 1 aliphatic rings. The maximum atomic E-state index is 11.2. The van der Waals surface area contributed by atoms with Crippen LogP contribution in [0, 0.1) is 5.21 Å². The van der Waals surface area contributed by atoms with Gasteiger partial charge in [-0.2, -0.15) is 0 Å².